The van der Waals surface area contributed by atoms with Gasteiger partial charge in [0, 0.05) is 16.9 Å². The summed E-state index contributed by atoms with van der Waals surface area (Å²) in [7, 11) is 0. The number of esters is 2. The second-order valence-electron chi connectivity index (χ2n) is 7.79. The quantitative estimate of drug-likeness (QED) is 0.532. The molecule has 0 unspecified atom stereocenters. The van der Waals surface area contributed by atoms with Crippen molar-refractivity contribution in [3.05, 3.63) is 76.9 Å². The molecule has 0 radical (unpaired) electrons. The van der Waals surface area contributed by atoms with E-state index in [2.05, 4.69) is 10.4 Å². The molecule has 0 saturated heterocycles. The largest absolute Gasteiger partial charge is 0.462 e. The molecule has 34 heavy (non-hydrogen) atoms. The molecule has 0 bridgehead atoms. The fourth-order valence-electron chi connectivity index (χ4n) is 3.86. The van der Waals surface area contributed by atoms with Gasteiger partial charge in [-0.2, -0.15) is 5.10 Å². The normalized spacial score (nSPS) is 12.5. The Morgan fingerprint density at radius 2 is 1.68 bits per heavy atom. The van der Waals surface area contributed by atoms with Crippen LogP contribution in [0, 0.1) is 5.82 Å². The Labute approximate surface area is 195 Å². The Balaban J connectivity index is 1.41. The summed E-state index contributed by atoms with van der Waals surface area (Å²) in [5, 5.41) is 7.06. The highest BCUT2D eigenvalue weighted by Crippen LogP contribution is 2.27. The zero-order valence-electron chi connectivity index (χ0n) is 18.7. The van der Waals surface area contributed by atoms with Crippen molar-refractivity contribution in [2.24, 2.45) is 0 Å². The van der Waals surface area contributed by atoms with Gasteiger partial charge < -0.3 is 14.8 Å². The predicted octanol–water partition coefficient (Wildman–Crippen LogP) is 3.86. The van der Waals surface area contributed by atoms with Crippen LogP contribution in [0.5, 0.6) is 0 Å². The van der Waals surface area contributed by atoms with Gasteiger partial charge in [0.2, 0.25) is 0 Å². The number of amides is 1. The van der Waals surface area contributed by atoms with Crippen molar-refractivity contribution in [1.82, 2.24) is 9.78 Å². The Bertz CT molecular complexity index is 1200. The van der Waals surface area contributed by atoms with Gasteiger partial charge in [0.1, 0.15) is 5.82 Å². The maximum absolute atomic E-state index is 13.3. The predicted molar refractivity (Wildman–Crippen MR) is 121 cm³/mol. The first kappa shape index (κ1) is 23.2. The second kappa shape index (κ2) is 10.3. The Kier molecular flexibility index (Phi) is 7.01. The number of aromatic nitrogens is 2. The van der Waals surface area contributed by atoms with Crippen LogP contribution in [-0.4, -0.2) is 40.8 Å². The maximum atomic E-state index is 13.3. The third-order valence-corrected chi connectivity index (χ3v) is 5.46. The molecule has 1 aliphatic carbocycles. The number of fused-ring (bicyclic) bond motifs is 1. The van der Waals surface area contributed by atoms with Crippen molar-refractivity contribution in [3.8, 4) is 5.69 Å². The topological polar surface area (TPSA) is 99.5 Å². The molecule has 0 spiro atoms. The van der Waals surface area contributed by atoms with Crippen molar-refractivity contribution in [3.63, 3.8) is 0 Å². The molecule has 0 aliphatic heterocycles. The SMILES string of the molecule is CCOC(=O)c1ccc(NC(=O)COC(=O)c2nn(-c3ccc(F)cc3)c3c2CCCC3)cc1. The van der Waals surface area contributed by atoms with E-state index >= 15 is 0 Å². The van der Waals surface area contributed by atoms with E-state index in [9.17, 15) is 18.8 Å². The minimum Gasteiger partial charge on any atom is -0.462 e. The van der Waals surface area contributed by atoms with Gasteiger partial charge in [0.15, 0.2) is 12.3 Å². The van der Waals surface area contributed by atoms with E-state index in [0.29, 0.717) is 23.4 Å². The van der Waals surface area contributed by atoms with Gasteiger partial charge in [0.25, 0.3) is 5.91 Å². The van der Waals surface area contributed by atoms with Crippen LogP contribution < -0.4 is 5.32 Å². The first-order chi connectivity index (χ1) is 16.5. The fraction of sp³-hybridized carbons (Fsp3) is 0.280. The highest BCUT2D eigenvalue weighted by atomic mass is 19.1. The van der Waals surface area contributed by atoms with E-state index in [1.165, 1.54) is 24.3 Å². The van der Waals surface area contributed by atoms with Gasteiger partial charge in [-0.1, -0.05) is 0 Å². The number of carbonyl (C=O) groups excluding carboxylic acids is 3. The molecule has 1 N–H and O–H groups in total. The highest BCUT2D eigenvalue weighted by molar-refractivity contribution is 5.96. The molecule has 0 fully saturated rings. The van der Waals surface area contributed by atoms with Crippen LogP contribution >= 0.6 is 0 Å². The Hall–Kier alpha value is -4.01. The van der Waals surface area contributed by atoms with Gasteiger partial charge >= 0.3 is 11.9 Å². The number of carbonyl (C=O) groups is 3. The minimum atomic E-state index is -0.688. The molecule has 0 saturated carbocycles. The third-order valence-electron chi connectivity index (χ3n) is 5.46. The van der Waals surface area contributed by atoms with Crippen LogP contribution in [0.25, 0.3) is 5.69 Å². The number of benzene rings is 2. The lowest BCUT2D eigenvalue weighted by molar-refractivity contribution is -0.119. The van der Waals surface area contributed by atoms with Crippen LogP contribution in [0.2, 0.25) is 0 Å². The molecule has 1 amide bonds. The summed E-state index contributed by atoms with van der Waals surface area (Å²) in [6.07, 6.45) is 3.31. The number of rotatable bonds is 7. The summed E-state index contributed by atoms with van der Waals surface area (Å²) in [5.74, 6) is -2.01. The average Bonchev–Trinajstić information content (AvgIpc) is 3.23. The minimum absolute atomic E-state index is 0.172. The van der Waals surface area contributed by atoms with Gasteiger partial charge in [-0.25, -0.2) is 18.7 Å². The molecule has 0 atom stereocenters. The second-order valence-corrected chi connectivity index (χ2v) is 7.79. The standard InChI is InChI=1S/C25H24FN3O5/c1-2-33-24(31)16-7-11-18(12-8-16)27-22(30)15-34-25(32)23-20-5-3-4-6-21(20)29(28-23)19-13-9-17(26)10-14-19/h7-14H,2-6,15H2,1H3,(H,27,30). The van der Waals surface area contributed by atoms with E-state index in [1.54, 1.807) is 35.9 Å². The van der Waals surface area contributed by atoms with Crippen LogP contribution in [0.4, 0.5) is 10.1 Å². The molecule has 176 valence electrons. The molecular formula is C25H24FN3O5. The molecule has 2 aromatic carbocycles. The zero-order chi connectivity index (χ0) is 24.1. The van der Waals surface area contributed by atoms with Gasteiger partial charge in [-0.15, -0.1) is 0 Å². The molecule has 3 aromatic rings. The molecular weight excluding hydrogens is 441 g/mol. The van der Waals surface area contributed by atoms with Gasteiger partial charge in [-0.05, 0) is 81.1 Å². The summed E-state index contributed by atoms with van der Waals surface area (Å²) < 4.78 is 25.1. The number of nitrogens with one attached hydrogen (secondary N) is 1. The number of hydrogen-bond donors (Lipinski definition) is 1. The van der Waals surface area contributed by atoms with E-state index in [-0.39, 0.29) is 18.1 Å². The lowest BCUT2D eigenvalue weighted by Gasteiger charge is -2.14. The van der Waals surface area contributed by atoms with Crippen LogP contribution in [0.15, 0.2) is 48.5 Å². The summed E-state index contributed by atoms with van der Waals surface area (Å²) in [6.45, 7) is 1.50. The molecule has 1 heterocycles. The fourth-order valence-corrected chi connectivity index (χ4v) is 3.86. The summed E-state index contributed by atoms with van der Waals surface area (Å²) in [4.78, 5) is 36.7. The van der Waals surface area contributed by atoms with Crippen molar-refractivity contribution in [2.75, 3.05) is 18.5 Å². The number of ether oxygens (including phenoxy) is 2. The highest BCUT2D eigenvalue weighted by Gasteiger charge is 2.27. The van der Waals surface area contributed by atoms with Crippen molar-refractivity contribution >= 4 is 23.5 Å². The summed E-state index contributed by atoms with van der Waals surface area (Å²) in [5.41, 5.74) is 3.35. The van der Waals surface area contributed by atoms with Gasteiger partial charge in [-0.3, -0.25) is 4.79 Å². The first-order valence-corrected chi connectivity index (χ1v) is 11.1. The third kappa shape index (κ3) is 5.14. The Morgan fingerprint density at radius 3 is 2.38 bits per heavy atom. The smallest absolute Gasteiger partial charge is 0.359 e. The monoisotopic (exact) mass is 465 g/mol. The van der Waals surface area contributed by atoms with Crippen LogP contribution in [0.3, 0.4) is 0 Å². The molecule has 9 heteroatoms. The molecule has 8 nitrogen and oxygen atoms in total. The lowest BCUT2D eigenvalue weighted by Crippen LogP contribution is -2.21. The van der Waals surface area contributed by atoms with Crippen molar-refractivity contribution < 1.29 is 28.2 Å². The summed E-state index contributed by atoms with van der Waals surface area (Å²) >= 11 is 0. The average molecular weight is 465 g/mol. The lowest BCUT2D eigenvalue weighted by atomic mass is 9.95. The zero-order valence-corrected chi connectivity index (χ0v) is 18.7. The van der Waals surface area contributed by atoms with Crippen LogP contribution in [-0.2, 0) is 27.1 Å². The van der Waals surface area contributed by atoms with Gasteiger partial charge in [0.05, 0.1) is 17.9 Å². The Morgan fingerprint density at radius 1 is 0.971 bits per heavy atom. The van der Waals surface area contributed by atoms with E-state index in [0.717, 1.165) is 30.5 Å². The number of nitrogens with zero attached hydrogens (tertiary/aromatic N) is 2. The van der Waals surface area contributed by atoms with Crippen molar-refractivity contribution in [2.45, 2.75) is 32.6 Å². The number of anilines is 1. The number of hydrogen-bond acceptors (Lipinski definition) is 6. The van der Waals surface area contributed by atoms with Crippen molar-refractivity contribution in [1.29, 1.82) is 0 Å². The number of halogens is 1. The molecule has 4 rings (SSSR count). The first-order valence-electron chi connectivity index (χ1n) is 11.1. The van der Waals surface area contributed by atoms with E-state index < -0.39 is 24.5 Å². The maximum Gasteiger partial charge on any atom is 0.359 e. The summed E-state index contributed by atoms with van der Waals surface area (Å²) in [6, 6.07) is 12.1. The molecule has 1 aromatic heterocycles. The van der Waals surface area contributed by atoms with Crippen LogP contribution in [0.1, 0.15) is 51.9 Å². The van der Waals surface area contributed by atoms with E-state index in [1.807, 2.05) is 0 Å². The molecule has 1 aliphatic rings. The van der Waals surface area contributed by atoms with E-state index in [4.69, 9.17) is 9.47 Å².